The second-order valence-corrected chi connectivity index (χ2v) is 8.18. The summed E-state index contributed by atoms with van der Waals surface area (Å²) >= 11 is 0. The highest BCUT2D eigenvalue weighted by atomic mass is 19.1. The number of aromatic nitrogens is 2. The molecule has 0 aliphatic heterocycles. The lowest BCUT2D eigenvalue weighted by Gasteiger charge is -2.25. The molecule has 33 heavy (non-hydrogen) atoms. The third-order valence-electron chi connectivity index (χ3n) is 5.55. The van der Waals surface area contributed by atoms with Gasteiger partial charge in [-0.05, 0) is 44.0 Å². The Bertz CT molecular complexity index is 1110. The third-order valence-corrected chi connectivity index (χ3v) is 5.55. The largest absolute Gasteiger partial charge is 0.435 e. The van der Waals surface area contributed by atoms with Crippen molar-refractivity contribution in [3.8, 4) is 29.7 Å². The van der Waals surface area contributed by atoms with Gasteiger partial charge in [0.1, 0.15) is 6.61 Å². The van der Waals surface area contributed by atoms with Crippen LogP contribution in [0.3, 0.4) is 0 Å². The fourth-order valence-electron chi connectivity index (χ4n) is 3.76. The van der Waals surface area contributed by atoms with Gasteiger partial charge in [0, 0.05) is 19.1 Å². The van der Waals surface area contributed by atoms with E-state index in [0.717, 1.165) is 29.8 Å². The van der Waals surface area contributed by atoms with Gasteiger partial charge in [0.05, 0.1) is 29.7 Å². The molecule has 2 aromatic carbocycles. The van der Waals surface area contributed by atoms with Gasteiger partial charge in [-0.2, -0.15) is 5.10 Å². The molecule has 1 heterocycles. The summed E-state index contributed by atoms with van der Waals surface area (Å²) in [5, 5.41) is 15.2. The van der Waals surface area contributed by atoms with Crippen molar-refractivity contribution in [3.05, 3.63) is 71.7 Å². The molecule has 7 heteroatoms. The third kappa shape index (κ3) is 5.79. The second kappa shape index (κ2) is 10.6. The molecule has 172 valence electrons. The number of terminal acetylenes is 1. The number of nitrogens with zero attached hydrogens (tertiary/aromatic N) is 3. The number of hydrogen-bond acceptors (Lipinski definition) is 5. The summed E-state index contributed by atoms with van der Waals surface area (Å²) in [5.41, 5.74) is 2.46. The number of aliphatic hydroxyl groups is 1. The average Bonchev–Trinajstić information content (AvgIpc) is 3.62. The van der Waals surface area contributed by atoms with Crippen LogP contribution in [0.15, 0.2) is 54.6 Å². The summed E-state index contributed by atoms with van der Waals surface area (Å²) in [6.07, 6.45) is 6.68. The minimum absolute atomic E-state index is 0.136. The van der Waals surface area contributed by atoms with E-state index in [1.54, 1.807) is 22.9 Å². The van der Waals surface area contributed by atoms with E-state index in [2.05, 4.69) is 10.8 Å². The van der Waals surface area contributed by atoms with Crippen molar-refractivity contribution in [2.75, 3.05) is 19.8 Å². The highest BCUT2D eigenvalue weighted by Crippen LogP contribution is 2.35. The Kier molecular flexibility index (Phi) is 7.40. The fraction of sp³-hybridized carbons (Fsp3) is 0.346. The summed E-state index contributed by atoms with van der Waals surface area (Å²) in [6, 6.07) is 16.3. The lowest BCUT2D eigenvalue weighted by molar-refractivity contribution is 0.0240. The Morgan fingerprint density at radius 2 is 1.94 bits per heavy atom. The van der Waals surface area contributed by atoms with Crippen LogP contribution in [0.1, 0.15) is 24.1 Å². The zero-order valence-corrected chi connectivity index (χ0v) is 18.7. The highest BCUT2D eigenvalue weighted by Gasteiger charge is 2.32. The lowest BCUT2D eigenvalue weighted by atomic mass is 10.2. The molecule has 1 atom stereocenters. The van der Waals surface area contributed by atoms with Crippen LogP contribution in [0, 0.1) is 25.1 Å². The lowest BCUT2D eigenvalue weighted by Crippen LogP contribution is -2.36. The zero-order chi connectivity index (χ0) is 23.2. The van der Waals surface area contributed by atoms with E-state index in [0.29, 0.717) is 25.0 Å². The standard InChI is InChI=1S/C26H28FN3O3/c1-3-15-32-18-22(31)16-29(20-13-14-20)17-23-19(2)28-30(21-9-5-4-6-10-21)26(23)33-25-12-8-7-11-24(25)27/h1,4-12,20,22,31H,13-18H2,2H3/t22-/m0/s1. The topological polar surface area (TPSA) is 59.8 Å². The molecule has 3 aromatic rings. The van der Waals surface area contributed by atoms with Crippen LogP contribution in [-0.4, -0.2) is 51.7 Å². The Hall–Kier alpha value is -3.18. The molecule has 0 spiro atoms. The molecule has 1 aromatic heterocycles. The second-order valence-electron chi connectivity index (χ2n) is 8.18. The molecule has 6 nitrogen and oxygen atoms in total. The Labute approximate surface area is 193 Å². The number of para-hydroxylation sites is 2. The van der Waals surface area contributed by atoms with Crippen LogP contribution >= 0.6 is 0 Å². The van der Waals surface area contributed by atoms with E-state index < -0.39 is 11.9 Å². The number of hydrogen-bond donors (Lipinski definition) is 1. The quantitative estimate of drug-likeness (QED) is 0.353. The van der Waals surface area contributed by atoms with Gasteiger partial charge in [-0.15, -0.1) is 6.42 Å². The van der Waals surface area contributed by atoms with Gasteiger partial charge in [-0.25, -0.2) is 9.07 Å². The highest BCUT2D eigenvalue weighted by molar-refractivity contribution is 5.43. The Morgan fingerprint density at radius 3 is 2.64 bits per heavy atom. The predicted octanol–water partition coefficient (Wildman–Crippen LogP) is 4.09. The smallest absolute Gasteiger partial charge is 0.227 e. The summed E-state index contributed by atoms with van der Waals surface area (Å²) in [7, 11) is 0. The van der Waals surface area contributed by atoms with Gasteiger partial charge in [-0.1, -0.05) is 36.3 Å². The van der Waals surface area contributed by atoms with Gasteiger partial charge in [-0.3, -0.25) is 4.90 Å². The van der Waals surface area contributed by atoms with Gasteiger partial charge in [0.25, 0.3) is 0 Å². The van der Waals surface area contributed by atoms with Gasteiger partial charge in [0.15, 0.2) is 11.6 Å². The minimum atomic E-state index is -0.667. The summed E-state index contributed by atoms with van der Waals surface area (Å²) in [4.78, 5) is 2.21. The van der Waals surface area contributed by atoms with Gasteiger partial charge >= 0.3 is 0 Å². The predicted molar refractivity (Wildman–Crippen MR) is 124 cm³/mol. The SMILES string of the molecule is C#CCOC[C@@H](O)CN(Cc1c(C)nn(-c2ccccc2)c1Oc1ccccc1F)C1CC1. The van der Waals surface area contributed by atoms with Crippen LogP contribution in [0.25, 0.3) is 5.69 Å². The van der Waals surface area contributed by atoms with E-state index in [9.17, 15) is 9.50 Å². The van der Waals surface area contributed by atoms with Crippen LogP contribution < -0.4 is 4.74 Å². The summed E-state index contributed by atoms with van der Waals surface area (Å²) in [5.74, 6) is 2.57. The van der Waals surface area contributed by atoms with Crippen molar-refractivity contribution in [1.29, 1.82) is 0 Å². The fourth-order valence-corrected chi connectivity index (χ4v) is 3.76. The van der Waals surface area contributed by atoms with Crippen LogP contribution in [0.5, 0.6) is 11.6 Å². The van der Waals surface area contributed by atoms with Crippen LogP contribution in [0.2, 0.25) is 0 Å². The Balaban J connectivity index is 1.64. The maximum atomic E-state index is 14.4. The molecule has 1 fully saturated rings. The van der Waals surface area contributed by atoms with Crippen molar-refractivity contribution < 1.29 is 19.0 Å². The Morgan fingerprint density at radius 1 is 1.21 bits per heavy atom. The number of aliphatic hydroxyl groups excluding tert-OH is 1. The molecular weight excluding hydrogens is 421 g/mol. The molecule has 0 amide bonds. The first-order chi connectivity index (χ1) is 16.1. The molecule has 0 radical (unpaired) electrons. The molecule has 0 bridgehead atoms. The van der Waals surface area contributed by atoms with Gasteiger partial charge in [0.2, 0.25) is 5.88 Å². The van der Waals surface area contributed by atoms with Crippen molar-refractivity contribution in [2.45, 2.75) is 38.5 Å². The van der Waals surface area contributed by atoms with Crippen molar-refractivity contribution in [1.82, 2.24) is 14.7 Å². The van der Waals surface area contributed by atoms with Crippen LogP contribution in [-0.2, 0) is 11.3 Å². The van der Waals surface area contributed by atoms with E-state index in [1.165, 1.54) is 6.07 Å². The number of benzene rings is 2. The zero-order valence-electron chi connectivity index (χ0n) is 18.7. The van der Waals surface area contributed by atoms with Crippen LogP contribution in [0.4, 0.5) is 4.39 Å². The number of ether oxygens (including phenoxy) is 2. The molecule has 1 N–H and O–H groups in total. The van der Waals surface area contributed by atoms with Gasteiger partial charge < -0.3 is 14.6 Å². The van der Waals surface area contributed by atoms with Crippen molar-refractivity contribution in [2.24, 2.45) is 0 Å². The van der Waals surface area contributed by atoms with Crippen molar-refractivity contribution >= 4 is 0 Å². The van der Waals surface area contributed by atoms with E-state index in [4.69, 9.17) is 21.0 Å². The maximum Gasteiger partial charge on any atom is 0.227 e. The average molecular weight is 450 g/mol. The molecular formula is C26H28FN3O3. The molecule has 1 saturated carbocycles. The first-order valence-corrected chi connectivity index (χ1v) is 11.1. The van der Waals surface area contributed by atoms with E-state index >= 15 is 0 Å². The molecule has 0 saturated heterocycles. The van der Waals surface area contributed by atoms with E-state index in [1.807, 2.05) is 37.3 Å². The van der Waals surface area contributed by atoms with Crippen molar-refractivity contribution in [3.63, 3.8) is 0 Å². The normalized spacial score (nSPS) is 14.3. The molecule has 1 aliphatic carbocycles. The number of aryl methyl sites for hydroxylation is 1. The minimum Gasteiger partial charge on any atom is -0.435 e. The first kappa shape index (κ1) is 23.0. The maximum absolute atomic E-state index is 14.4. The first-order valence-electron chi connectivity index (χ1n) is 11.1. The summed E-state index contributed by atoms with van der Waals surface area (Å²) in [6.45, 7) is 3.21. The molecule has 1 aliphatic rings. The monoisotopic (exact) mass is 449 g/mol. The number of rotatable bonds is 11. The van der Waals surface area contributed by atoms with E-state index in [-0.39, 0.29) is 19.0 Å². The number of halogens is 1. The molecule has 0 unspecified atom stereocenters. The molecule has 4 rings (SSSR count). The summed E-state index contributed by atoms with van der Waals surface area (Å²) < 4.78 is 27.6.